The number of nitrogens with zero attached hydrogens (tertiary/aromatic N) is 1. The first-order valence-corrected chi connectivity index (χ1v) is 5.48. The van der Waals surface area contributed by atoms with Gasteiger partial charge in [0.2, 0.25) is 6.41 Å². The molecule has 19 heavy (non-hydrogen) atoms. The van der Waals surface area contributed by atoms with Gasteiger partial charge in [-0.2, -0.15) is 0 Å². The van der Waals surface area contributed by atoms with Crippen molar-refractivity contribution in [3.05, 3.63) is 35.6 Å². The minimum Gasteiger partial charge on any atom is -0.699 e. The number of alkyl carbamates (subject to hydrolysis) is 1. The number of hydrogen-bond acceptors (Lipinski definition) is 3. The van der Waals surface area contributed by atoms with Gasteiger partial charge in [-0.25, -0.2) is 4.79 Å². The van der Waals surface area contributed by atoms with Crippen LogP contribution in [0.3, 0.4) is 0 Å². The quantitative estimate of drug-likeness (QED) is 0.693. The Kier molecular flexibility index (Phi) is 8.62. The molecule has 0 radical (unpaired) electrons. The van der Waals surface area contributed by atoms with Crippen molar-refractivity contribution >= 4 is 18.2 Å². The van der Waals surface area contributed by atoms with E-state index < -0.39 is 6.09 Å². The number of likely N-dealkylation sites (N-methyl/N-ethyl adjacent to an activating group) is 1. The van der Waals surface area contributed by atoms with Gasteiger partial charge in [-0.05, 0) is 5.56 Å². The Morgan fingerprint density at radius 1 is 1.42 bits per heavy atom. The summed E-state index contributed by atoms with van der Waals surface area (Å²) in [5, 5.41) is 2.53. The minimum atomic E-state index is -0.524. The first kappa shape index (κ1) is 17.4. The van der Waals surface area contributed by atoms with Crippen LogP contribution < -0.4 is 5.32 Å². The minimum absolute atomic E-state index is 0. The van der Waals surface area contributed by atoms with Crippen LogP contribution in [0.25, 0.3) is 5.73 Å². The van der Waals surface area contributed by atoms with Crippen molar-refractivity contribution in [1.29, 1.82) is 0 Å². The predicted octanol–water partition coefficient (Wildman–Crippen LogP) is 1.68. The van der Waals surface area contributed by atoms with E-state index in [9.17, 15) is 9.59 Å². The van der Waals surface area contributed by atoms with Crippen LogP contribution in [0.2, 0.25) is 0 Å². The Morgan fingerprint density at radius 3 is 2.63 bits per heavy atom. The van der Waals surface area contributed by atoms with Crippen molar-refractivity contribution in [2.24, 2.45) is 0 Å². The summed E-state index contributed by atoms with van der Waals surface area (Å²) in [6, 6.07) is 6.73. The monoisotopic (exact) mass is 434 g/mol. The van der Waals surface area contributed by atoms with Gasteiger partial charge in [-0.15, -0.1) is 5.69 Å². The van der Waals surface area contributed by atoms with Crippen LogP contribution in [-0.4, -0.2) is 37.5 Å². The summed E-state index contributed by atoms with van der Waals surface area (Å²) in [5.74, 6) is 0. The largest absolute Gasteiger partial charge is 0.699 e. The molecule has 1 rings (SSSR count). The Labute approximate surface area is 126 Å². The van der Waals surface area contributed by atoms with Crippen molar-refractivity contribution < 1.29 is 35.4 Å². The van der Waals surface area contributed by atoms with E-state index in [2.05, 4.69) is 5.32 Å². The molecule has 0 unspecified atom stereocenters. The molecule has 0 aliphatic heterocycles. The molecule has 6 nitrogen and oxygen atoms in total. The summed E-state index contributed by atoms with van der Waals surface area (Å²) in [7, 11) is 1.63. The molecular formula is C12H16N3O3W-. The molecule has 0 saturated heterocycles. The van der Waals surface area contributed by atoms with Crippen molar-refractivity contribution in [1.82, 2.24) is 10.2 Å². The molecule has 7 heteroatoms. The fraction of sp³-hybridized carbons (Fsp3) is 0.333. The predicted molar refractivity (Wildman–Crippen MR) is 67.3 cm³/mol. The third-order valence-corrected chi connectivity index (χ3v) is 2.24. The number of nitrogens with one attached hydrogen (secondary N) is 2. The van der Waals surface area contributed by atoms with Crippen LogP contribution in [0.5, 0.6) is 0 Å². The molecule has 0 fully saturated rings. The maximum atomic E-state index is 11.3. The first-order valence-electron chi connectivity index (χ1n) is 5.48. The van der Waals surface area contributed by atoms with Crippen LogP contribution in [-0.2, 0) is 37.2 Å². The zero-order valence-corrected chi connectivity index (χ0v) is 13.5. The number of ether oxygens (including phenoxy) is 1. The number of benzene rings is 1. The van der Waals surface area contributed by atoms with Gasteiger partial charge in [0.15, 0.2) is 0 Å². The maximum absolute atomic E-state index is 11.3. The summed E-state index contributed by atoms with van der Waals surface area (Å²) < 4.78 is 4.97. The van der Waals surface area contributed by atoms with Crippen molar-refractivity contribution in [3.63, 3.8) is 0 Å². The zero-order chi connectivity index (χ0) is 13.4. The molecule has 1 aromatic rings. The van der Waals surface area contributed by atoms with E-state index >= 15 is 0 Å². The molecule has 0 saturated carbocycles. The van der Waals surface area contributed by atoms with Gasteiger partial charge in [0, 0.05) is 41.2 Å². The second-order valence-electron chi connectivity index (χ2n) is 3.79. The molecule has 0 atom stereocenters. The van der Waals surface area contributed by atoms with E-state index in [1.807, 2.05) is 0 Å². The molecule has 0 bridgehead atoms. The van der Waals surface area contributed by atoms with Gasteiger partial charge < -0.3 is 20.7 Å². The fourth-order valence-electron chi connectivity index (χ4n) is 1.19. The molecule has 1 aromatic carbocycles. The third-order valence-electron chi connectivity index (χ3n) is 2.24. The van der Waals surface area contributed by atoms with Gasteiger partial charge in [-0.3, -0.25) is 4.79 Å². The molecule has 0 spiro atoms. The number of amides is 2. The molecule has 0 aromatic heterocycles. The van der Waals surface area contributed by atoms with Gasteiger partial charge in [0.1, 0.15) is 6.61 Å². The van der Waals surface area contributed by atoms with Crippen molar-refractivity contribution in [2.75, 3.05) is 20.1 Å². The summed E-state index contributed by atoms with van der Waals surface area (Å²) >= 11 is 0. The molecule has 0 heterocycles. The molecule has 2 amide bonds. The van der Waals surface area contributed by atoms with Gasteiger partial charge in [0.25, 0.3) is 0 Å². The standard InChI is InChI=1S/C12H16N3O3.W/c1-15(9-16)7-6-14-12(17)18-8-10-2-4-11(13)5-3-10;/h2-5,9,13H,6-8H2,1H3,(H,14,17);/q-1;. The summed E-state index contributed by atoms with van der Waals surface area (Å²) in [4.78, 5) is 23.0. The second kappa shape index (κ2) is 9.39. The van der Waals surface area contributed by atoms with E-state index in [1.165, 1.54) is 4.90 Å². The van der Waals surface area contributed by atoms with Crippen LogP contribution in [0.4, 0.5) is 10.5 Å². The second-order valence-corrected chi connectivity index (χ2v) is 3.79. The average Bonchev–Trinajstić information content (AvgIpc) is 2.38. The molecule has 2 N–H and O–H groups in total. The van der Waals surface area contributed by atoms with E-state index in [-0.39, 0.29) is 27.7 Å². The Balaban J connectivity index is 0.00000324. The number of rotatable bonds is 6. The number of carbonyl (C=O) groups is 2. The van der Waals surface area contributed by atoms with Crippen molar-refractivity contribution in [3.8, 4) is 0 Å². The summed E-state index contributed by atoms with van der Waals surface area (Å²) in [6.45, 7) is 0.946. The summed E-state index contributed by atoms with van der Waals surface area (Å²) in [6.07, 6.45) is 0.166. The van der Waals surface area contributed by atoms with E-state index in [0.717, 1.165) is 5.56 Å². The zero-order valence-electron chi connectivity index (χ0n) is 10.6. The van der Waals surface area contributed by atoms with Gasteiger partial charge in [-0.1, -0.05) is 24.3 Å². The molecule has 0 aliphatic carbocycles. The Bertz CT molecular complexity index is 398. The summed E-state index contributed by atoms with van der Waals surface area (Å²) in [5.41, 5.74) is 8.55. The van der Waals surface area contributed by atoms with Crippen LogP contribution >= 0.6 is 0 Å². The van der Waals surface area contributed by atoms with Gasteiger partial charge in [0.05, 0.1) is 0 Å². The number of carbonyl (C=O) groups excluding carboxylic acids is 2. The van der Waals surface area contributed by atoms with E-state index in [1.54, 1.807) is 31.3 Å². The van der Waals surface area contributed by atoms with Gasteiger partial charge >= 0.3 is 6.09 Å². The fourth-order valence-corrected chi connectivity index (χ4v) is 1.19. The molecule has 104 valence electrons. The van der Waals surface area contributed by atoms with E-state index in [4.69, 9.17) is 10.5 Å². The smallest absolute Gasteiger partial charge is 0.407 e. The van der Waals surface area contributed by atoms with E-state index in [0.29, 0.717) is 25.2 Å². The molecular weight excluding hydrogens is 418 g/mol. The normalized spacial score (nSPS) is 9.11. The first-order chi connectivity index (χ1) is 8.61. The maximum Gasteiger partial charge on any atom is 0.407 e. The Morgan fingerprint density at radius 2 is 2.05 bits per heavy atom. The third kappa shape index (κ3) is 7.46. The van der Waals surface area contributed by atoms with Crippen LogP contribution in [0.15, 0.2) is 24.3 Å². The molecule has 0 aliphatic rings. The average molecular weight is 434 g/mol. The van der Waals surface area contributed by atoms with Crippen molar-refractivity contribution in [2.45, 2.75) is 6.61 Å². The Hall–Kier alpha value is -1.55. The van der Waals surface area contributed by atoms with Crippen LogP contribution in [0, 0.1) is 0 Å². The topological polar surface area (TPSA) is 82.4 Å². The van der Waals surface area contributed by atoms with Crippen LogP contribution in [0.1, 0.15) is 5.56 Å². The number of hydrogen-bond donors (Lipinski definition) is 1. The SMILES string of the molecule is CN(C=O)CCNC(=O)OCc1ccc([NH-])cc1.[W].